The summed E-state index contributed by atoms with van der Waals surface area (Å²) in [6.07, 6.45) is 1.98. The first kappa shape index (κ1) is 13.4. The quantitative estimate of drug-likeness (QED) is 0.738. The van der Waals surface area contributed by atoms with Crippen molar-refractivity contribution < 1.29 is 13.2 Å². The molecule has 1 aliphatic heterocycles. The van der Waals surface area contributed by atoms with Crippen molar-refractivity contribution >= 4 is 15.7 Å². The van der Waals surface area contributed by atoms with Crippen molar-refractivity contribution in [2.75, 3.05) is 19.3 Å². The highest BCUT2D eigenvalue weighted by atomic mass is 32.2. The molecule has 0 aromatic heterocycles. The molecule has 1 heterocycles. The fourth-order valence-corrected chi connectivity index (χ4v) is 2.56. The molecule has 0 aliphatic carbocycles. The van der Waals surface area contributed by atoms with Crippen molar-refractivity contribution in [3.63, 3.8) is 0 Å². The summed E-state index contributed by atoms with van der Waals surface area (Å²) in [5.41, 5.74) is 5.62. The van der Waals surface area contributed by atoms with Crippen LogP contribution in [-0.2, 0) is 14.6 Å². The average molecular weight is 248 g/mol. The molecule has 3 unspecified atom stereocenters. The first-order chi connectivity index (χ1) is 7.29. The maximum absolute atomic E-state index is 12.0. The van der Waals surface area contributed by atoms with Crippen molar-refractivity contribution in [3.8, 4) is 0 Å². The van der Waals surface area contributed by atoms with Gasteiger partial charge >= 0.3 is 0 Å². The molecule has 2 N–H and O–H groups in total. The zero-order valence-electron chi connectivity index (χ0n) is 10.0. The third-order valence-electron chi connectivity index (χ3n) is 3.40. The summed E-state index contributed by atoms with van der Waals surface area (Å²) in [5.74, 6) is 0.0306. The number of amides is 1. The number of sulfone groups is 1. The Kier molecular flexibility index (Phi) is 3.96. The van der Waals surface area contributed by atoms with Crippen molar-refractivity contribution in [2.45, 2.75) is 31.6 Å². The minimum atomic E-state index is -3.32. The zero-order valence-corrected chi connectivity index (χ0v) is 10.8. The summed E-state index contributed by atoms with van der Waals surface area (Å²) >= 11 is 0. The molecule has 6 heteroatoms. The highest BCUT2D eigenvalue weighted by Crippen LogP contribution is 2.24. The summed E-state index contributed by atoms with van der Waals surface area (Å²) in [4.78, 5) is 13.6. The maximum atomic E-state index is 12.0. The average Bonchev–Trinajstić information content (AvgIpc) is 2.55. The number of likely N-dealkylation sites (tertiary alicyclic amines) is 1. The van der Waals surface area contributed by atoms with Crippen LogP contribution in [0.15, 0.2) is 0 Å². The van der Waals surface area contributed by atoms with E-state index in [4.69, 9.17) is 5.73 Å². The van der Waals surface area contributed by atoms with Crippen molar-refractivity contribution in [1.82, 2.24) is 4.90 Å². The second-order valence-corrected chi connectivity index (χ2v) is 6.94. The van der Waals surface area contributed by atoms with E-state index >= 15 is 0 Å². The van der Waals surface area contributed by atoms with Crippen LogP contribution in [0, 0.1) is 5.92 Å². The van der Waals surface area contributed by atoms with E-state index in [1.807, 2.05) is 6.92 Å². The molecule has 1 rings (SSSR count). The first-order valence-electron chi connectivity index (χ1n) is 5.48. The molecule has 1 amide bonds. The normalized spacial score (nSPS) is 28.1. The lowest BCUT2D eigenvalue weighted by atomic mass is 10.0. The molecule has 3 atom stereocenters. The number of nitrogens with zero attached hydrogens (tertiary/aromatic N) is 1. The second-order valence-electron chi connectivity index (χ2n) is 4.57. The molecular formula is C10H20N2O3S. The number of hydrogen-bond acceptors (Lipinski definition) is 4. The van der Waals surface area contributed by atoms with Crippen LogP contribution >= 0.6 is 0 Å². The molecule has 0 aromatic carbocycles. The van der Waals surface area contributed by atoms with Gasteiger partial charge in [-0.25, -0.2) is 8.42 Å². The van der Waals surface area contributed by atoms with Gasteiger partial charge in [-0.05, 0) is 19.3 Å². The Hall–Kier alpha value is -0.620. The van der Waals surface area contributed by atoms with Crippen LogP contribution in [0.25, 0.3) is 0 Å². The third kappa shape index (κ3) is 2.55. The molecule has 0 radical (unpaired) electrons. The van der Waals surface area contributed by atoms with Crippen molar-refractivity contribution in [3.05, 3.63) is 0 Å². The van der Waals surface area contributed by atoms with E-state index in [0.717, 1.165) is 12.7 Å². The molecule has 1 fully saturated rings. The minimum absolute atomic E-state index is 0.0169. The summed E-state index contributed by atoms with van der Waals surface area (Å²) < 4.78 is 22.7. The van der Waals surface area contributed by atoms with Crippen LogP contribution < -0.4 is 5.73 Å². The fourth-order valence-electron chi connectivity index (χ4n) is 2.06. The van der Waals surface area contributed by atoms with Gasteiger partial charge in [-0.1, -0.05) is 6.92 Å². The van der Waals surface area contributed by atoms with Crippen LogP contribution in [0.2, 0.25) is 0 Å². The first-order valence-corrected chi connectivity index (χ1v) is 7.44. The third-order valence-corrected chi connectivity index (χ3v) is 4.88. The van der Waals surface area contributed by atoms with E-state index in [1.54, 1.807) is 4.90 Å². The van der Waals surface area contributed by atoms with E-state index in [9.17, 15) is 13.2 Å². The van der Waals surface area contributed by atoms with Crippen molar-refractivity contribution in [1.29, 1.82) is 0 Å². The van der Waals surface area contributed by atoms with Crippen LogP contribution in [-0.4, -0.2) is 49.9 Å². The van der Waals surface area contributed by atoms with Crippen LogP contribution in [0.5, 0.6) is 0 Å². The summed E-state index contributed by atoms with van der Waals surface area (Å²) in [7, 11) is -3.32. The Labute approximate surface area is 96.9 Å². The van der Waals surface area contributed by atoms with Gasteiger partial charge in [-0.3, -0.25) is 4.79 Å². The minimum Gasteiger partial charge on any atom is -0.337 e. The molecular weight excluding hydrogens is 228 g/mol. The fraction of sp³-hybridized carbons (Fsp3) is 0.900. The Morgan fingerprint density at radius 3 is 2.56 bits per heavy atom. The van der Waals surface area contributed by atoms with Gasteiger partial charge in [0, 0.05) is 25.4 Å². The summed E-state index contributed by atoms with van der Waals surface area (Å²) in [5, 5.41) is -0.966. The number of rotatable bonds is 3. The Bertz CT molecular complexity index is 366. The number of hydrogen-bond donors (Lipinski definition) is 1. The van der Waals surface area contributed by atoms with Gasteiger partial charge < -0.3 is 10.6 Å². The standard InChI is InChI=1S/C10H20N2O3S/c1-7-4-5-12(9(7)6-11)10(13)8(2)16(3,14)15/h7-9H,4-6,11H2,1-3H3. The lowest BCUT2D eigenvalue weighted by molar-refractivity contribution is -0.131. The van der Waals surface area contributed by atoms with Crippen LogP contribution in [0.3, 0.4) is 0 Å². The Balaban J connectivity index is 2.83. The molecule has 94 valence electrons. The SMILES string of the molecule is CC1CCN(C(=O)C(C)S(C)(=O)=O)C1CN. The highest BCUT2D eigenvalue weighted by Gasteiger charge is 2.37. The molecule has 16 heavy (non-hydrogen) atoms. The molecule has 5 nitrogen and oxygen atoms in total. The van der Waals surface area contributed by atoms with Crippen LogP contribution in [0.4, 0.5) is 0 Å². The Morgan fingerprint density at radius 2 is 2.12 bits per heavy atom. The molecule has 0 spiro atoms. The van der Waals surface area contributed by atoms with Gasteiger partial charge in [0.15, 0.2) is 9.84 Å². The predicted octanol–water partition coefficient (Wildman–Crippen LogP) is -0.385. The largest absolute Gasteiger partial charge is 0.337 e. The number of carbonyl (C=O) groups is 1. The summed E-state index contributed by atoms with van der Waals surface area (Å²) in [6.45, 7) is 4.48. The highest BCUT2D eigenvalue weighted by molar-refractivity contribution is 7.92. The molecule has 0 saturated carbocycles. The predicted molar refractivity (Wildman–Crippen MR) is 62.6 cm³/mol. The van der Waals surface area contributed by atoms with Crippen LogP contribution in [0.1, 0.15) is 20.3 Å². The topological polar surface area (TPSA) is 80.5 Å². The monoisotopic (exact) mass is 248 g/mol. The molecule has 0 aromatic rings. The van der Waals surface area contributed by atoms with Gasteiger partial charge in [0.05, 0.1) is 0 Å². The second kappa shape index (κ2) is 4.71. The lowest BCUT2D eigenvalue weighted by Gasteiger charge is -2.27. The Morgan fingerprint density at radius 1 is 1.56 bits per heavy atom. The molecule has 1 saturated heterocycles. The van der Waals surface area contributed by atoms with Gasteiger partial charge in [0.25, 0.3) is 0 Å². The maximum Gasteiger partial charge on any atom is 0.240 e. The van der Waals surface area contributed by atoms with E-state index in [2.05, 4.69) is 0 Å². The summed E-state index contributed by atoms with van der Waals surface area (Å²) in [6, 6.07) is -0.0169. The molecule has 1 aliphatic rings. The van der Waals surface area contributed by atoms with E-state index in [-0.39, 0.29) is 11.9 Å². The van der Waals surface area contributed by atoms with E-state index in [1.165, 1.54) is 6.92 Å². The smallest absolute Gasteiger partial charge is 0.240 e. The van der Waals surface area contributed by atoms with Gasteiger partial charge in [-0.15, -0.1) is 0 Å². The van der Waals surface area contributed by atoms with E-state index < -0.39 is 15.1 Å². The van der Waals surface area contributed by atoms with Gasteiger partial charge in [0.2, 0.25) is 5.91 Å². The number of carbonyl (C=O) groups excluding carboxylic acids is 1. The number of nitrogens with two attached hydrogens (primary N) is 1. The van der Waals surface area contributed by atoms with Crippen molar-refractivity contribution in [2.24, 2.45) is 11.7 Å². The molecule has 0 bridgehead atoms. The zero-order chi connectivity index (χ0) is 12.5. The lowest BCUT2D eigenvalue weighted by Crippen LogP contribution is -2.47. The van der Waals surface area contributed by atoms with Gasteiger partial charge in [0.1, 0.15) is 5.25 Å². The van der Waals surface area contributed by atoms with Gasteiger partial charge in [-0.2, -0.15) is 0 Å². The van der Waals surface area contributed by atoms with E-state index in [0.29, 0.717) is 19.0 Å².